The van der Waals surface area contributed by atoms with Crippen molar-refractivity contribution in [3.63, 3.8) is 0 Å². The molecule has 1 aromatic heterocycles. The number of fused-ring (bicyclic) bond motifs is 1. The molecule has 0 bridgehead atoms. The fourth-order valence-corrected chi connectivity index (χ4v) is 3.75. The number of halogens is 1. The number of nitro groups is 1. The van der Waals surface area contributed by atoms with Gasteiger partial charge in [-0.05, 0) is 43.2 Å². The van der Waals surface area contributed by atoms with Gasteiger partial charge in [0.1, 0.15) is 11.9 Å². The second kappa shape index (κ2) is 7.84. The van der Waals surface area contributed by atoms with Crippen molar-refractivity contribution >= 4 is 40.6 Å². The number of nitro benzene ring substituents is 1. The minimum absolute atomic E-state index is 0.0583. The highest BCUT2D eigenvalue weighted by Gasteiger charge is 2.36. The molecule has 3 aromatic rings. The van der Waals surface area contributed by atoms with Gasteiger partial charge in [0, 0.05) is 28.4 Å². The maximum absolute atomic E-state index is 12.6. The summed E-state index contributed by atoms with van der Waals surface area (Å²) in [5.41, 5.74) is 3.30. The van der Waals surface area contributed by atoms with Gasteiger partial charge in [-0.1, -0.05) is 23.7 Å². The molecule has 158 valence electrons. The van der Waals surface area contributed by atoms with Crippen molar-refractivity contribution in [1.82, 2.24) is 9.78 Å². The number of carbonyl (C=O) groups is 2. The quantitative estimate of drug-likeness (QED) is 0.455. The molecule has 2 aromatic carbocycles. The highest BCUT2D eigenvalue weighted by Crippen LogP contribution is 2.38. The number of aromatic nitrogens is 2. The van der Waals surface area contributed by atoms with Gasteiger partial charge in [-0.3, -0.25) is 19.7 Å². The average Bonchev–Trinajstić information content (AvgIpc) is 3.18. The summed E-state index contributed by atoms with van der Waals surface area (Å²) in [6, 6.07) is 10.6. The summed E-state index contributed by atoms with van der Waals surface area (Å²) in [5.74, 6) is -0.187. The maximum Gasteiger partial charge on any atom is 0.269 e. The van der Waals surface area contributed by atoms with Gasteiger partial charge in [-0.25, -0.2) is 4.68 Å². The molecule has 1 unspecified atom stereocenters. The van der Waals surface area contributed by atoms with Gasteiger partial charge in [-0.15, -0.1) is 0 Å². The van der Waals surface area contributed by atoms with Crippen LogP contribution in [0.15, 0.2) is 42.5 Å². The number of rotatable bonds is 5. The third-order valence-electron chi connectivity index (χ3n) is 5.13. The van der Waals surface area contributed by atoms with Crippen molar-refractivity contribution < 1.29 is 14.5 Å². The van der Waals surface area contributed by atoms with Crippen molar-refractivity contribution in [2.45, 2.75) is 26.3 Å². The summed E-state index contributed by atoms with van der Waals surface area (Å²) < 4.78 is 1.53. The second-order valence-corrected chi connectivity index (χ2v) is 7.71. The number of carbonyl (C=O) groups excluding carboxylic acids is 2. The van der Waals surface area contributed by atoms with E-state index in [-0.39, 0.29) is 18.0 Å². The maximum atomic E-state index is 12.6. The number of aryl methyl sites for hydroxylation is 2. The van der Waals surface area contributed by atoms with E-state index >= 15 is 0 Å². The van der Waals surface area contributed by atoms with Crippen LogP contribution in [0.3, 0.4) is 0 Å². The SMILES string of the molecule is Cc1cc([N+](=O)[O-])ccc1NC(=O)CC1C(=O)Nc2c(-c3ccc(Cl)cc3)c(C)nn21. The van der Waals surface area contributed by atoms with Crippen LogP contribution in [0, 0.1) is 24.0 Å². The van der Waals surface area contributed by atoms with Crippen molar-refractivity contribution in [2.24, 2.45) is 0 Å². The van der Waals surface area contributed by atoms with E-state index in [1.807, 2.05) is 19.1 Å². The lowest BCUT2D eigenvalue weighted by atomic mass is 10.1. The van der Waals surface area contributed by atoms with Crippen LogP contribution in [-0.2, 0) is 9.59 Å². The fraction of sp³-hybridized carbons (Fsp3) is 0.190. The van der Waals surface area contributed by atoms with Crippen LogP contribution in [0.2, 0.25) is 5.02 Å². The minimum atomic E-state index is -0.798. The van der Waals surface area contributed by atoms with Gasteiger partial charge in [0.2, 0.25) is 5.91 Å². The Labute approximate surface area is 182 Å². The highest BCUT2D eigenvalue weighted by molar-refractivity contribution is 6.30. The van der Waals surface area contributed by atoms with Crippen molar-refractivity contribution in [2.75, 3.05) is 10.6 Å². The van der Waals surface area contributed by atoms with E-state index in [1.165, 1.54) is 22.9 Å². The van der Waals surface area contributed by atoms with E-state index in [1.54, 1.807) is 19.1 Å². The van der Waals surface area contributed by atoms with E-state index in [9.17, 15) is 19.7 Å². The number of nitrogens with zero attached hydrogens (tertiary/aromatic N) is 3. The molecule has 2 amide bonds. The first kappa shape index (κ1) is 20.5. The van der Waals surface area contributed by atoms with E-state index in [0.29, 0.717) is 27.8 Å². The first-order valence-corrected chi connectivity index (χ1v) is 9.83. The molecule has 1 atom stereocenters. The van der Waals surface area contributed by atoms with Crippen LogP contribution in [0.1, 0.15) is 23.7 Å². The summed E-state index contributed by atoms with van der Waals surface area (Å²) in [6.07, 6.45) is -0.129. The zero-order valence-electron chi connectivity index (χ0n) is 16.7. The third-order valence-corrected chi connectivity index (χ3v) is 5.38. The van der Waals surface area contributed by atoms with Crippen LogP contribution in [-0.4, -0.2) is 26.5 Å². The zero-order valence-corrected chi connectivity index (χ0v) is 17.4. The molecule has 0 spiro atoms. The number of non-ortho nitro benzene ring substituents is 1. The van der Waals surface area contributed by atoms with Gasteiger partial charge in [0.25, 0.3) is 11.6 Å². The predicted molar refractivity (Wildman–Crippen MR) is 116 cm³/mol. The van der Waals surface area contributed by atoms with Gasteiger partial charge in [-0.2, -0.15) is 5.10 Å². The van der Waals surface area contributed by atoms with Crippen LogP contribution in [0.5, 0.6) is 0 Å². The number of hydrogen-bond donors (Lipinski definition) is 2. The van der Waals surface area contributed by atoms with E-state index < -0.39 is 16.9 Å². The number of amides is 2. The predicted octanol–water partition coefficient (Wildman–Crippen LogP) is 4.25. The highest BCUT2D eigenvalue weighted by atomic mass is 35.5. The summed E-state index contributed by atoms with van der Waals surface area (Å²) in [4.78, 5) is 35.6. The molecular weight excluding hydrogens is 422 g/mol. The van der Waals surface area contributed by atoms with Crippen LogP contribution < -0.4 is 10.6 Å². The number of benzene rings is 2. The molecule has 4 rings (SSSR count). The van der Waals surface area contributed by atoms with Crippen molar-refractivity contribution in [3.8, 4) is 11.1 Å². The number of anilines is 2. The molecule has 0 fully saturated rings. The molecule has 2 heterocycles. The minimum Gasteiger partial charge on any atom is -0.326 e. The largest absolute Gasteiger partial charge is 0.326 e. The number of hydrogen-bond acceptors (Lipinski definition) is 5. The molecular formula is C21H18ClN5O4. The fourth-order valence-electron chi connectivity index (χ4n) is 3.62. The monoisotopic (exact) mass is 439 g/mol. The van der Waals surface area contributed by atoms with Crippen molar-refractivity contribution in [1.29, 1.82) is 0 Å². The lowest BCUT2D eigenvalue weighted by Crippen LogP contribution is -2.24. The zero-order chi connectivity index (χ0) is 22.3. The van der Waals surface area contributed by atoms with E-state index in [4.69, 9.17) is 11.6 Å². The van der Waals surface area contributed by atoms with Crippen molar-refractivity contribution in [3.05, 3.63) is 68.9 Å². The molecule has 2 N–H and O–H groups in total. The Hall–Kier alpha value is -3.72. The summed E-state index contributed by atoms with van der Waals surface area (Å²) in [5, 5.41) is 21.5. The summed E-state index contributed by atoms with van der Waals surface area (Å²) in [6.45, 7) is 3.50. The van der Waals surface area contributed by atoms with Gasteiger partial charge < -0.3 is 10.6 Å². The molecule has 0 radical (unpaired) electrons. The molecule has 0 saturated carbocycles. The Morgan fingerprint density at radius 3 is 2.61 bits per heavy atom. The van der Waals surface area contributed by atoms with Crippen LogP contribution >= 0.6 is 11.6 Å². The van der Waals surface area contributed by atoms with Gasteiger partial charge in [0.15, 0.2) is 0 Å². The average molecular weight is 440 g/mol. The molecule has 31 heavy (non-hydrogen) atoms. The van der Waals surface area contributed by atoms with Gasteiger partial charge >= 0.3 is 0 Å². The topological polar surface area (TPSA) is 119 Å². The molecule has 10 heteroatoms. The first-order chi connectivity index (χ1) is 14.7. The lowest BCUT2D eigenvalue weighted by Gasteiger charge is -2.11. The Bertz CT molecular complexity index is 1220. The Balaban J connectivity index is 1.55. The Morgan fingerprint density at radius 2 is 1.97 bits per heavy atom. The number of nitrogens with one attached hydrogen (secondary N) is 2. The summed E-state index contributed by atoms with van der Waals surface area (Å²) in [7, 11) is 0. The van der Waals surface area contributed by atoms with Crippen LogP contribution in [0.25, 0.3) is 11.1 Å². The Kier molecular flexibility index (Phi) is 5.20. The van der Waals surface area contributed by atoms with E-state index in [0.717, 1.165) is 11.1 Å². The first-order valence-electron chi connectivity index (χ1n) is 9.45. The van der Waals surface area contributed by atoms with E-state index in [2.05, 4.69) is 15.7 Å². The third kappa shape index (κ3) is 3.87. The van der Waals surface area contributed by atoms with Gasteiger partial charge in [0.05, 0.1) is 17.0 Å². The molecule has 9 nitrogen and oxygen atoms in total. The lowest BCUT2D eigenvalue weighted by molar-refractivity contribution is -0.384. The molecule has 1 aliphatic heterocycles. The smallest absolute Gasteiger partial charge is 0.269 e. The molecule has 0 saturated heterocycles. The molecule has 0 aliphatic carbocycles. The molecule has 1 aliphatic rings. The second-order valence-electron chi connectivity index (χ2n) is 7.27. The normalized spacial score (nSPS) is 14.8. The van der Waals surface area contributed by atoms with Crippen LogP contribution in [0.4, 0.5) is 17.2 Å². The Morgan fingerprint density at radius 1 is 1.26 bits per heavy atom. The standard InChI is InChI=1S/C21H18ClN5O4/c1-11-9-15(27(30)31)7-8-16(11)23-18(28)10-17-21(29)24-20-19(12(2)25-26(17)20)13-3-5-14(22)6-4-13/h3-9,17H,10H2,1-2H3,(H,23,28)(H,24,29). The summed E-state index contributed by atoms with van der Waals surface area (Å²) >= 11 is 5.97.